The normalized spacial score (nSPS) is 10.2. The largest absolute Gasteiger partial charge is 0.266 e. The predicted octanol–water partition coefficient (Wildman–Crippen LogP) is 2.79. The number of hydrogen-bond donors (Lipinski definition) is 0. The molecular weight excluding hydrogens is 249 g/mol. The van der Waals surface area contributed by atoms with Crippen molar-refractivity contribution in [1.82, 2.24) is 4.98 Å². The van der Waals surface area contributed by atoms with E-state index in [4.69, 9.17) is 5.26 Å². The molecule has 0 saturated heterocycles. The molecule has 0 unspecified atom stereocenters. The smallest absolute Gasteiger partial charge is 0.211 e. The lowest BCUT2D eigenvalue weighted by Gasteiger charge is -2.02. The van der Waals surface area contributed by atoms with E-state index in [0.717, 1.165) is 6.07 Å². The summed E-state index contributed by atoms with van der Waals surface area (Å²) in [5.41, 5.74) is -0.976. The minimum Gasteiger partial charge on any atom is -0.211 e. The molecular formula is C7H2BrF3N2. The zero-order chi connectivity index (χ0) is 10.0. The summed E-state index contributed by atoms with van der Waals surface area (Å²) in [6, 6.07) is 2.20. The van der Waals surface area contributed by atoms with Gasteiger partial charge in [0, 0.05) is 0 Å². The van der Waals surface area contributed by atoms with Gasteiger partial charge in [-0.05, 0) is 22.0 Å². The van der Waals surface area contributed by atoms with Crippen LogP contribution in [-0.4, -0.2) is 4.98 Å². The Balaban J connectivity index is 3.33. The lowest BCUT2D eigenvalue weighted by Crippen LogP contribution is -1.96. The van der Waals surface area contributed by atoms with Gasteiger partial charge in [0.2, 0.25) is 5.95 Å². The number of nitriles is 1. The zero-order valence-corrected chi connectivity index (χ0v) is 7.65. The van der Waals surface area contributed by atoms with Gasteiger partial charge < -0.3 is 0 Å². The molecule has 1 heterocycles. The van der Waals surface area contributed by atoms with Gasteiger partial charge in [-0.2, -0.15) is 9.65 Å². The van der Waals surface area contributed by atoms with Crippen LogP contribution in [0.2, 0.25) is 0 Å². The van der Waals surface area contributed by atoms with Crippen molar-refractivity contribution in [3.05, 3.63) is 27.7 Å². The summed E-state index contributed by atoms with van der Waals surface area (Å²) in [5, 5.41) is 8.33. The fourth-order valence-corrected chi connectivity index (χ4v) is 1.16. The van der Waals surface area contributed by atoms with Gasteiger partial charge in [-0.3, -0.25) is 0 Å². The molecule has 0 radical (unpaired) electrons. The third-order valence-electron chi connectivity index (χ3n) is 1.31. The second-order valence-electron chi connectivity index (χ2n) is 2.12. The highest BCUT2D eigenvalue weighted by Crippen LogP contribution is 2.27. The van der Waals surface area contributed by atoms with E-state index in [-0.39, 0.29) is 4.60 Å². The summed E-state index contributed by atoms with van der Waals surface area (Å²) in [6.07, 6.45) is -2.78. The third kappa shape index (κ3) is 1.98. The van der Waals surface area contributed by atoms with Crippen LogP contribution in [0.15, 0.2) is 10.7 Å². The van der Waals surface area contributed by atoms with E-state index in [2.05, 4.69) is 20.9 Å². The molecule has 0 saturated carbocycles. The number of aromatic nitrogens is 1. The van der Waals surface area contributed by atoms with E-state index >= 15 is 0 Å². The van der Waals surface area contributed by atoms with Crippen molar-refractivity contribution < 1.29 is 13.2 Å². The van der Waals surface area contributed by atoms with Crippen LogP contribution in [0.3, 0.4) is 0 Å². The van der Waals surface area contributed by atoms with Crippen molar-refractivity contribution in [2.24, 2.45) is 0 Å². The molecule has 0 fully saturated rings. The van der Waals surface area contributed by atoms with Crippen molar-refractivity contribution in [2.45, 2.75) is 6.43 Å². The first kappa shape index (κ1) is 9.99. The van der Waals surface area contributed by atoms with E-state index in [1.54, 1.807) is 0 Å². The van der Waals surface area contributed by atoms with E-state index in [9.17, 15) is 13.2 Å². The van der Waals surface area contributed by atoms with Gasteiger partial charge in [0.05, 0.1) is 5.56 Å². The summed E-state index contributed by atoms with van der Waals surface area (Å²) in [7, 11) is 0. The van der Waals surface area contributed by atoms with E-state index in [1.165, 1.54) is 6.07 Å². The van der Waals surface area contributed by atoms with Crippen molar-refractivity contribution in [2.75, 3.05) is 0 Å². The quantitative estimate of drug-likeness (QED) is 0.719. The van der Waals surface area contributed by atoms with Gasteiger partial charge in [0.25, 0.3) is 6.43 Å². The van der Waals surface area contributed by atoms with Gasteiger partial charge in [-0.25, -0.2) is 13.8 Å². The highest BCUT2D eigenvalue weighted by atomic mass is 79.9. The Kier molecular flexibility index (Phi) is 2.88. The maximum absolute atomic E-state index is 12.7. The van der Waals surface area contributed by atoms with E-state index < -0.39 is 23.5 Å². The molecule has 0 aliphatic heterocycles. The Morgan fingerprint density at radius 1 is 1.54 bits per heavy atom. The molecule has 6 heteroatoms. The molecule has 0 aromatic carbocycles. The fourth-order valence-electron chi connectivity index (χ4n) is 0.717. The maximum Gasteiger partial charge on any atom is 0.266 e. The summed E-state index contributed by atoms with van der Waals surface area (Å²) < 4.78 is 36.8. The van der Waals surface area contributed by atoms with Gasteiger partial charge in [-0.15, -0.1) is 0 Å². The Morgan fingerprint density at radius 2 is 2.15 bits per heavy atom. The van der Waals surface area contributed by atoms with Crippen LogP contribution in [0.25, 0.3) is 0 Å². The highest BCUT2D eigenvalue weighted by Gasteiger charge is 2.16. The minimum absolute atomic E-state index is 0.279. The molecule has 0 bridgehead atoms. The molecule has 0 N–H and O–H groups in total. The second kappa shape index (κ2) is 3.75. The lowest BCUT2D eigenvalue weighted by molar-refractivity contribution is 0.149. The Bertz CT molecular complexity index is 373. The van der Waals surface area contributed by atoms with Gasteiger partial charge in [0.1, 0.15) is 16.2 Å². The van der Waals surface area contributed by atoms with Crippen molar-refractivity contribution >= 4 is 15.9 Å². The van der Waals surface area contributed by atoms with Crippen LogP contribution in [0.1, 0.15) is 17.6 Å². The van der Waals surface area contributed by atoms with Crippen LogP contribution in [0, 0.1) is 17.3 Å². The third-order valence-corrected chi connectivity index (χ3v) is 1.95. The van der Waals surface area contributed by atoms with Crippen LogP contribution in [0.4, 0.5) is 13.2 Å². The molecule has 0 amide bonds. The molecule has 0 spiro atoms. The van der Waals surface area contributed by atoms with Crippen molar-refractivity contribution in [1.29, 1.82) is 5.26 Å². The molecule has 13 heavy (non-hydrogen) atoms. The van der Waals surface area contributed by atoms with E-state index in [1.807, 2.05) is 0 Å². The molecule has 1 aromatic heterocycles. The Hall–Kier alpha value is -1.09. The molecule has 68 valence electrons. The Labute approximate surface area is 80.1 Å². The lowest BCUT2D eigenvalue weighted by atomic mass is 10.2. The zero-order valence-electron chi connectivity index (χ0n) is 6.06. The van der Waals surface area contributed by atoms with Crippen LogP contribution in [-0.2, 0) is 0 Å². The first-order valence-electron chi connectivity index (χ1n) is 3.10. The number of rotatable bonds is 1. The van der Waals surface area contributed by atoms with Crippen LogP contribution in [0.5, 0.6) is 0 Å². The monoisotopic (exact) mass is 250 g/mol. The summed E-state index contributed by atoms with van der Waals surface area (Å²) in [6.45, 7) is 0. The van der Waals surface area contributed by atoms with Crippen molar-refractivity contribution in [3.63, 3.8) is 0 Å². The maximum atomic E-state index is 12.7. The SMILES string of the molecule is N#Cc1cc(C(F)F)c(Br)nc1F. The Morgan fingerprint density at radius 3 is 2.62 bits per heavy atom. The topological polar surface area (TPSA) is 36.7 Å². The fraction of sp³-hybridized carbons (Fsp3) is 0.143. The average molecular weight is 251 g/mol. The van der Waals surface area contributed by atoms with Gasteiger partial charge in [0.15, 0.2) is 0 Å². The minimum atomic E-state index is -2.78. The summed E-state index contributed by atoms with van der Waals surface area (Å²) >= 11 is 2.67. The number of halogens is 4. The molecule has 1 rings (SSSR count). The predicted molar refractivity (Wildman–Crippen MR) is 41.6 cm³/mol. The van der Waals surface area contributed by atoms with Gasteiger partial charge >= 0.3 is 0 Å². The number of hydrogen-bond acceptors (Lipinski definition) is 2. The summed E-state index contributed by atoms with van der Waals surface area (Å²) in [4.78, 5) is 3.11. The number of alkyl halides is 2. The molecule has 0 atom stereocenters. The first-order valence-corrected chi connectivity index (χ1v) is 3.89. The summed E-state index contributed by atoms with van der Waals surface area (Å²) in [5.74, 6) is -1.06. The van der Waals surface area contributed by atoms with Crippen LogP contribution >= 0.6 is 15.9 Å². The number of pyridine rings is 1. The standard InChI is InChI=1S/C7H2BrF3N2/c8-5-4(6(9)10)1-3(2-12)7(11)13-5/h1,6H. The van der Waals surface area contributed by atoms with Crippen LogP contribution < -0.4 is 0 Å². The molecule has 1 aromatic rings. The molecule has 0 aliphatic rings. The highest BCUT2D eigenvalue weighted by molar-refractivity contribution is 9.10. The average Bonchev–Trinajstić information content (AvgIpc) is 2.03. The molecule has 0 aliphatic carbocycles. The molecule has 2 nitrogen and oxygen atoms in total. The first-order chi connectivity index (χ1) is 6.06. The number of nitrogens with zero attached hydrogens (tertiary/aromatic N) is 2. The second-order valence-corrected chi connectivity index (χ2v) is 2.87. The van der Waals surface area contributed by atoms with Gasteiger partial charge in [-0.1, -0.05) is 0 Å². The van der Waals surface area contributed by atoms with Crippen molar-refractivity contribution in [3.8, 4) is 6.07 Å². The van der Waals surface area contributed by atoms with E-state index in [0.29, 0.717) is 0 Å².